The number of ether oxygens (including phenoxy) is 2. The van der Waals surface area contributed by atoms with E-state index in [4.69, 9.17) is 9.47 Å². The number of hydrogen-bond acceptors (Lipinski definition) is 2. The third-order valence-electron chi connectivity index (χ3n) is 5.82. The van der Waals surface area contributed by atoms with Gasteiger partial charge >= 0.3 is 0 Å². The minimum absolute atomic E-state index is 0.766. The maximum Gasteiger partial charge on any atom is 0.125 e. The van der Waals surface area contributed by atoms with Gasteiger partial charge in [-0.1, -0.05) is 12.1 Å². The van der Waals surface area contributed by atoms with Gasteiger partial charge in [-0.15, -0.1) is 0 Å². The Morgan fingerprint density at radius 2 is 1.62 bits per heavy atom. The largest absolute Gasteiger partial charge is 0.497 e. The number of benzene rings is 1. The van der Waals surface area contributed by atoms with Crippen LogP contribution in [0.15, 0.2) is 29.8 Å². The fourth-order valence-corrected chi connectivity index (χ4v) is 5.23. The maximum atomic E-state index is 5.89. The zero-order chi connectivity index (χ0) is 14.4. The van der Waals surface area contributed by atoms with Crippen LogP contribution in [0.1, 0.15) is 37.7 Å². The van der Waals surface area contributed by atoms with E-state index >= 15 is 0 Å². The van der Waals surface area contributed by atoms with Crippen molar-refractivity contribution >= 4 is 5.76 Å². The Morgan fingerprint density at radius 1 is 0.952 bits per heavy atom. The Morgan fingerprint density at radius 3 is 2.19 bits per heavy atom. The van der Waals surface area contributed by atoms with Crippen LogP contribution >= 0.6 is 0 Å². The number of hydrogen-bond donors (Lipinski definition) is 0. The first-order valence-electron chi connectivity index (χ1n) is 8.21. The van der Waals surface area contributed by atoms with Crippen LogP contribution in [0.25, 0.3) is 5.76 Å². The topological polar surface area (TPSA) is 18.5 Å². The third-order valence-corrected chi connectivity index (χ3v) is 5.82. The monoisotopic (exact) mass is 284 g/mol. The molecule has 0 aliphatic heterocycles. The number of rotatable bonds is 3. The molecule has 4 saturated carbocycles. The molecule has 0 spiro atoms. The van der Waals surface area contributed by atoms with Crippen LogP contribution in [0.5, 0.6) is 5.75 Å². The molecule has 112 valence electrons. The lowest BCUT2D eigenvalue weighted by Gasteiger charge is -2.51. The Bertz CT molecular complexity index is 543. The van der Waals surface area contributed by atoms with E-state index in [1.165, 1.54) is 37.7 Å². The minimum atomic E-state index is 0.766. The highest BCUT2D eigenvalue weighted by Crippen LogP contribution is 2.57. The molecule has 0 radical (unpaired) electrons. The van der Waals surface area contributed by atoms with Crippen LogP contribution in [0.2, 0.25) is 0 Å². The van der Waals surface area contributed by atoms with Crippen molar-refractivity contribution in [2.45, 2.75) is 32.1 Å². The van der Waals surface area contributed by atoms with Crippen molar-refractivity contribution in [1.29, 1.82) is 0 Å². The van der Waals surface area contributed by atoms with Crippen LogP contribution in [0.3, 0.4) is 0 Å². The molecule has 0 atom stereocenters. The Balaban J connectivity index is 1.77. The lowest BCUT2D eigenvalue weighted by atomic mass is 9.54. The molecular weight excluding hydrogens is 260 g/mol. The van der Waals surface area contributed by atoms with Gasteiger partial charge in [0.15, 0.2) is 0 Å². The molecule has 4 fully saturated rings. The van der Waals surface area contributed by atoms with Crippen molar-refractivity contribution in [1.82, 2.24) is 0 Å². The first kappa shape index (κ1) is 13.2. The average Bonchev–Trinajstić information content (AvgIpc) is 2.50. The van der Waals surface area contributed by atoms with Gasteiger partial charge in [-0.3, -0.25) is 0 Å². The van der Waals surface area contributed by atoms with Gasteiger partial charge in [0.1, 0.15) is 11.5 Å². The molecule has 2 heteroatoms. The van der Waals surface area contributed by atoms with Gasteiger partial charge < -0.3 is 9.47 Å². The summed E-state index contributed by atoms with van der Waals surface area (Å²) in [5.41, 5.74) is 2.79. The highest BCUT2D eigenvalue weighted by Gasteiger charge is 2.46. The smallest absolute Gasteiger partial charge is 0.125 e. The SMILES string of the molecule is COC(=C1C2CC3CC(C2)CC1C3)c1cccc(OC)c1. The molecule has 0 N–H and O–H groups in total. The predicted molar refractivity (Wildman–Crippen MR) is 84.0 cm³/mol. The van der Waals surface area contributed by atoms with Crippen molar-refractivity contribution < 1.29 is 9.47 Å². The summed E-state index contributed by atoms with van der Waals surface area (Å²) in [5, 5.41) is 0. The van der Waals surface area contributed by atoms with Gasteiger partial charge in [-0.25, -0.2) is 0 Å². The second kappa shape index (κ2) is 5.08. The van der Waals surface area contributed by atoms with Crippen molar-refractivity contribution in [3.63, 3.8) is 0 Å². The lowest BCUT2D eigenvalue weighted by Crippen LogP contribution is -2.40. The van der Waals surface area contributed by atoms with E-state index < -0.39 is 0 Å². The Kier molecular flexibility index (Phi) is 3.20. The van der Waals surface area contributed by atoms with Crippen LogP contribution in [-0.4, -0.2) is 14.2 Å². The van der Waals surface area contributed by atoms with Crippen LogP contribution in [-0.2, 0) is 4.74 Å². The van der Waals surface area contributed by atoms with Crippen LogP contribution in [0, 0.1) is 23.7 Å². The lowest BCUT2D eigenvalue weighted by molar-refractivity contribution is 0.0675. The minimum Gasteiger partial charge on any atom is -0.497 e. The normalized spacial score (nSPS) is 33.1. The van der Waals surface area contributed by atoms with Crippen LogP contribution in [0.4, 0.5) is 0 Å². The van der Waals surface area contributed by atoms with E-state index in [0.29, 0.717) is 0 Å². The summed E-state index contributed by atoms with van der Waals surface area (Å²) in [6, 6.07) is 8.32. The number of methoxy groups -OCH3 is 2. The predicted octanol–water partition coefficient (Wildman–Crippen LogP) is 4.51. The highest BCUT2D eigenvalue weighted by molar-refractivity contribution is 5.66. The summed E-state index contributed by atoms with van der Waals surface area (Å²) < 4.78 is 11.3. The molecule has 4 aliphatic rings. The molecular formula is C19H24O2. The van der Waals surface area contributed by atoms with Gasteiger partial charge in [-0.05, 0) is 73.5 Å². The second-order valence-electron chi connectivity index (χ2n) is 7.02. The van der Waals surface area contributed by atoms with E-state index in [0.717, 1.165) is 35.2 Å². The summed E-state index contributed by atoms with van der Waals surface area (Å²) in [6.07, 6.45) is 7.04. The number of allylic oxidation sites excluding steroid dienone is 1. The zero-order valence-corrected chi connectivity index (χ0v) is 13.0. The molecule has 0 amide bonds. The second-order valence-corrected chi connectivity index (χ2v) is 7.02. The van der Waals surface area contributed by atoms with Gasteiger partial charge in [0.25, 0.3) is 0 Å². The summed E-state index contributed by atoms with van der Waals surface area (Å²) >= 11 is 0. The van der Waals surface area contributed by atoms with E-state index in [-0.39, 0.29) is 0 Å². The first-order chi connectivity index (χ1) is 10.3. The summed E-state index contributed by atoms with van der Waals surface area (Å²) in [6.45, 7) is 0. The third kappa shape index (κ3) is 2.16. The van der Waals surface area contributed by atoms with Crippen molar-refractivity contribution in [3.05, 3.63) is 35.4 Å². The quantitative estimate of drug-likeness (QED) is 0.760. The first-order valence-corrected chi connectivity index (χ1v) is 8.21. The molecule has 1 aromatic rings. The fraction of sp³-hybridized carbons (Fsp3) is 0.579. The molecule has 4 bridgehead atoms. The molecule has 1 aromatic carbocycles. The standard InChI is InChI=1S/C19H24O2/c1-20-17-5-3-4-14(11-17)19(21-2)18-15-7-12-6-13(9-15)10-16(18)8-12/h3-5,11-13,15-16H,6-10H2,1-2H3. The Labute approximate surface area is 127 Å². The Hall–Kier alpha value is -1.44. The van der Waals surface area contributed by atoms with Crippen molar-refractivity contribution in [2.24, 2.45) is 23.7 Å². The molecule has 0 unspecified atom stereocenters. The molecule has 0 saturated heterocycles. The molecule has 0 aromatic heterocycles. The molecule has 2 nitrogen and oxygen atoms in total. The van der Waals surface area contributed by atoms with Gasteiger partial charge in [0, 0.05) is 5.56 Å². The molecule has 21 heavy (non-hydrogen) atoms. The van der Waals surface area contributed by atoms with Gasteiger partial charge in [-0.2, -0.15) is 0 Å². The van der Waals surface area contributed by atoms with E-state index in [9.17, 15) is 0 Å². The maximum absolute atomic E-state index is 5.89. The van der Waals surface area contributed by atoms with Gasteiger partial charge in [0.05, 0.1) is 14.2 Å². The molecule has 0 heterocycles. The average molecular weight is 284 g/mol. The summed E-state index contributed by atoms with van der Waals surface area (Å²) in [5.74, 6) is 5.54. The fourth-order valence-electron chi connectivity index (χ4n) is 5.23. The van der Waals surface area contributed by atoms with E-state index in [2.05, 4.69) is 18.2 Å². The molecule has 4 aliphatic carbocycles. The summed E-state index contributed by atoms with van der Waals surface area (Å²) in [4.78, 5) is 0. The van der Waals surface area contributed by atoms with Crippen LogP contribution < -0.4 is 4.74 Å². The molecule has 5 rings (SSSR count). The zero-order valence-electron chi connectivity index (χ0n) is 13.0. The van der Waals surface area contributed by atoms with Gasteiger partial charge in [0.2, 0.25) is 0 Å². The highest BCUT2D eigenvalue weighted by atomic mass is 16.5. The van der Waals surface area contributed by atoms with Crippen molar-refractivity contribution in [3.8, 4) is 5.75 Å². The summed E-state index contributed by atoms with van der Waals surface area (Å²) in [7, 11) is 3.55. The van der Waals surface area contributed by atoms with E-state index in [1.54, 1.807) is 12.7 Å². The van der Waals surface area contributed by atoms with Crippen molar-refractivity contribution in [2.75, 3.05) is 14.2 Å². The van der Waals surface area contributed by atoms with E-state index in [1.807, 2.05) is 13.2 Å².